The molecule has 0 unspecified atom stereocenters. The molecule has 3 amide bonds. The highest BCUT2D eigenvalue weighted by Gasteiger charge is 2.18. The van der Waals surface area contributed by atoms with Gasteiger partial charge in [0.25, 0.3) is 5.91 Å². The van der Waals surface area contributed by atoms with Crippen molar-refractivity contribution in [3.8, 4) is 17.2 Å². The lowest BCUT2D eigenvalue weighted by Crippen LogP contribution is -2.40. The SMILES string of the molecule is CCOc1cc(C(=O)NCCCNC(=O)CNC(=O)OC(C)(C)C)cc(OCC)c1OCC. The predicted octanol–water partition coefficient (Wildman–Crippen LogP) is 2.64. The molecule has 0 radical (unpaired) electrons. The second-order valence-electron chi connectivity index (χ2n) is 7.92. The quantitative estimate of drug-likeness (QED) is 0.381. The third-order valence-corrected chi connectivity index (χ3v) is 3.92. The van der Waals surface area contributed by atoms with Gasteiger partial charge in [-0.15, -0.1) is 0 Å². The third kappa shape index (κ3) is 10.8. The zero-order chi connectivity index (χ0) is 24.9. The Kier molecular flexibility index (Phi) is 11.9. The number of hydrogen-bond donors (Lipinski definition) is 3. The second-order valence-corrected chi connectivity index (χ2v) is 7.92. The van der Waals surface area contributed by atoms with Gasteiger partial charge in [-0.3, -0.25) is 9.59 Å². The van der Waals surface area contributed by atoms with Crippen molar-refractivity contribution in [3.63, 3.8) is 0 Å². The summed E-state index contributed by atoms with van der Waals surface area (Å²) in [4.78, 5) is 36.0. The lowest BCUT2D eigenvalue weighted by Gasteiger charge is -2.19. The summed E-state index contributed by atoms with van der Waals surface area (Å²) in [5, 5.41) is 7.86. The molecule has 0 aromatic heterocycles. The van der Waals surface area contributed by atoms with Crippen molar-refractivity contribution in [1.82, 2.24) is 16.0 Å². The molecule has 3 N–H and O–H groups in total. The predicted molar refractivity (Wildman–Crippen MR) is 124 cm³/mol. The zero-order valence-electron chi connectivity index (χ0n) is 20.5. The molecule has 0 saturated carbocycles. The first-order chi connectivity index (χ1) is 15.6. The van der Waals surface area contributed by atoms with Gasteiger partial charge in [0.1, 0.15) is 5.60 Å². The van der Waals surface area contributed by atoms with E-state index in [-0.39, 0.29) is 18.4 Å². The Labute approximate surface area is 195 Å². The molecule has 0 fully saturated rings. The second kappa shape index (κ2) is 14.1. The van der Waals surface area contributed by atoms with Crippen molar-refractivity contribution in [3.05, 3.63) is 17.7 Å². The van der Waals surface area contributed by atoms with E-state index in [0.29, 0.717) is 62.1 Å². The Bertz CT molecular complexity index is 764. The van der Waals surface area contributed by atoms with E-state index in [2.05, 4.69) is 16.0 Å². The van der Waals surface area contributed by atoms with Crippen LogP contribution in [0.3, 0.4) is 0 Å². The standard InChI is InChI=1S/C23H37N3O7/c1-7-30-17-13-16(14-18(31-8-2)20(17)32-9-3)21(28)25-12-10-11-24-19(27)15-26-22(29)33-23(4,5)6/h13-14H,7-12,15H2,1-6H3,(H,24,27)(H,25,28)(H,26,29). The minimum absolute atomic E-state index is 0.187. The summed E-state index contributed by atoms with van der Waals surface area (Å²) >= 11 is 0. The lowest BCUT2D eigenvalue weighted by molar-refractivity contribution is -0.120. The fraction of sp³-hybridized carbons (Fsp3) is 0.609. The summed E-state index contributed by atoms with van der Waals surface area (Å²) in [5.74, 6) is 0.722. The molecule has 0 aliphatic carbocycles. The van der Waals surface area contributed by atoms with Gasteiger partial charge in [0, 0.05) is 18.7 Å². The van der Waals surface area contributed by atoms with E-state index >= 15 is 0 Å². The average Bonchev–Trinajstić information content (AvgIpc) is 2.73. The molecule has 0 spiro atoms. The summed E-state index contributed by atoms with van der Waals surface area (Å²) in [6, 6.07) is 3.24. The van der Waals surface area contributed by atoms with Crippen LogP contribution in [0.15, 0.2) is 12.1 Å². The summed E-state index contributed by atoms with van der Waals surface area (Å²) < 4.78 is 22.0. The summed E-state index contributed by atoms with van der Waals surface area (Å²) in [6.07, 6.45) is -0.143. The molecule has 1 aromatic carbocycles. The summed E-state index contributed by atoms with van der Waals surface area (Å²) in [6.45, 7) is 12.5. The van der Waals surface area contributed by atoms with E-state index in [4.69, 9.17) is 18.9 Å². The Morgan fingerprint density at radius 2 is 1.36 bits per heavy atom. The van der Waals surface area contributed by atoms with Gasteiger partial charge in [0.05, 0.1) is 26.4 Å². The smallest absolute Gasteiger partial charge is 0.408 e. The number of amides is 3. The third-order valence-electron chi connectivity index (χ3n) is 3.92. The summed E-state index contributed by atoms with van der Waals surface area (Å²) in [7, 11) is 0. The van der Waals surface area contributed by atoms with Crippen LogP contribution >= 0.6 is 0 Å². The fourth-order valence-electron chi connectivity index (χ4n) is 2.67. The number of carbonyl (C=O) groups excluding carboxylic acids is 3. The highest BCUT2D eigenvalue weighted by Crippen LogP contribution is 2.39. The molecule has 0 heterocycles. The molecule has 0 atom stereocenters. The maximum atomic E-state index is 12.6. The van der Waals surface area contributed by atoms with Crippen LogP contribution in [0.2, 0.25) is 0 Å². The molecule has 10 nitrogen and oxygen atoms in total. The van der Waals surface area contributed by atoms with Gasteiger partial charge in [0.15, 0.2) is 11.5 Å². The largest absolute Gasteiger partial charge is 0.490 e. The minimum Gasteiger partial charge on any atom is -0.490 e. The van der Waals surface area contributed by atoms with Crippen molar-refractivity contribution in [1.29, 1.82) is 0 Å². The number of rotatable bonds is 13. The molecule has 1 rings (SSSR count). The molecular formula is C23H37N3O7. The Balaban J connectivity index is 2.52. The van der Waals surface area contributed by atoms with E-state index in [1.165, 1.54) is 0 Å². The van der Waals surface area contributed by atoms with E-state index in [9.17, 15) is 14.4 Å². The molecule has 0 saturated heterocycles. The van der Waals surface area contributed by atoms with Crippen LogP contribution in [0.5, 0.6) is 17.2 Å². The Hall–Kier alpha value is -3.17. The van der Waals surface area contributed by atoms with Crippen LogP contribution in [0, 0.1) is 0 Å². The average molecular weight is 468 g/mol. The van der Waals surface area contributed by atoms with Crippen molar-refractivity contribution in [2.45, 2.75) is 53.6 Å². The maximum absolute atomic E-state index is 12.6. The molecule has 1 aromatic rings. The van der Waals surface area contributed by atoms with Crippen molar-refractivity contribution in [2.75, 3.05) is 39.5 Å². The number of carbonyl (C=O) groups is 3. The minimum atomic E-state index is -0.655. The number of benzene rings is 1. The van der Waals surface area contributed by atoms with Gasteiger partial charge in [0.2, 0.25) is 11.7 Å². The molecule has 10 heteroatoms. The van der Waals surface area contributed by atoms with Gasteiger partial charge < -0.3 is 34.9 Å². The van der Waals surface area contributed by atoms with Crippen LogP contribution in [0.1, 0.15) is 58.3 Å². The highest BCUT2D eigenvalue weighted by molar-refractivity contribution is 5.95. The number of alkyl carbamates (subject to hydrolysis) is 1. The maximum Gasteiger partial charge on any atom is 0.408 e. The van der Waals surface area contributed by atoms with E-state index in [0.717, 1.165) is 0 Å². The first-order valence-corrected chi connectivity index (χ1v) is 11.2. The van der Waals surface area contributed by atoms with E-state index in [1.54, 1.807) is 32.9 Å². The first-order valence-electron chi connectivity index (χ1n) is 11.2. The first kappa shape index (κ1) is 27.9. The van der Waals surface area contributed by atoms with Crippen LogP contribution in [-0.2, 0) is 9.53 Å². The van der Waals surface area contributed by atoms with Gasteiger partial charge in [-0.05, 0) is 60.1 Å². The molecule has 0 aliphatic heterocycles. The van der Waals surface area contributed by atoms with Gasteiger partial charge >= 0.3 is 6.09 Å². The summed E-state index contributed by atoms with van der Waals surface area (Å²) in [5.41, 5.74) is -0.245. The Morgan fingerprint density at radius 1 is 0.818 bits per heavy atom. The van der Waals surface area contributed by atoms with Crippen LogP contribution in [0.25, 0.3) is 0 Å². The van der Waals surface area contributed by atoms with Gasteiger partial charge in [-0.2, -0.15) is 0 Å². The monoisotopic (exact) mass is 467 g/mol. The van der Waals surface area contributed by atoms with Crippen molar-refractivity contribution >= 4 is 17.9 Å². The fourth-order valence-corrected chi connectivity index (χ4v) is 2.67. The zero-order valence-corrected chi connectivity index (χ0v) is 20.5. The van der Waals surface area contributed by atoms with Gasteiger partial charge in [-0.25, -0.2) is 4.79 Å². The molecular weight excluding hydrogens is 430 g/mol. The number of nitrogens with one attached hydrogen (secondary N) is 3. The van der Waals surface area contributed by atoms with E-state index in [1.807, 2.05) is 20.8 Å². The molecule has 33 heavy (non-hydrogen) atoms. The van der Waals surface area contributed by atoms with Crippen molar-refractivity contribution in [2.24, 2.45) is 0 Å². The molecule has 186 valence electrons. The van der Waals surface area contributed by atoms with Gasteiger partial charge in [-0.1, -0.05) is 0 Å². The number of hydrogen-bond acceptors (Lipinski definition) is 7. The lowest BCUT2D eigenvalue weighted by atomic mass is 10.1. The molecule has 0 bridgehead atoms. The molecule has 0 aliphatic rings. The van der Waals surface area contributed by atoms with E-state index < -0.39 is 11.7 Å². The highest BCUT2D eigenvalue weighted by atomic mass is 16.6. The topological polar surface area (TPSA) is 124 Å². The van der Waals surface area contributed by atoms with Crippen LogP contribution in [0.4, 0.5) is 4.79 Å². The van der Waals surface area contributed by atoms with Crippen LogP contribution in [-0.4, -0.2) is 63.0 Å². The van der Waals surface area contributed by atoms with Crippen LogP contribution < -0.4 is 30.2 Å². The Morgan fingerprint density at radius 3 is 1.88 bits per heavy atom. The normalized spacial score (nSPS) is 10.7. The van der Waals surface area contributed by atoms with Crippen molar-refractivity contribution < 1.29 is 33.3 Å². The number of ether oxygens (including phenoxy) is 4.